The van der Waals surface area contributed by atoms with Crippen LogP contribution in [-0.4, -0.2) is 12.1 Å². The molecule has 0 atom stereocenters. The molecule has 0 aromatic heterocycles. The van der Waals surface area contributed by atoms with Crippen molar-refractivity contribution in [3.8, 4) is 11.1 Å². The maximum absolute atomic E-state index is 12.2. The lowest BCUT2D eigenvalue weighted by Crippen LogP contribution is -2.29. The Balaban J connectivity index is 2.27. The predicted octanol–water partition coefficient (Wildman–Crippen LogP) is 4.16. The van der Waals surface area contributed by atoms with Gasteiger partial charge in [-0.05, 0) is 30.2 Å². The first-order valence-electron chi connectivity index (χ1n) is 5.91. The molecule has 0 saturated heterocycles. The Hall–Kier alpha value is -2.30. The zero-order valence-electron chi connectivity index (χ0n) is 10.7. The molecule has 0 aliphatic rings. The molecule has 1 N–H and O–H groups in total. The molecular formula is C15H12F3NO. The summed E-state index contributed by atoms with van der Waals surface area (Å²) in [5.74, 6) is -1.97. The average Bonchev–Trinajstić information content (AvgIpc) is 2.38. The van der Waals surface area contributed by atoms with E-state index in [2.05, 4.69) is 0 Å². The van der Waals surface area contributed by atoms with Crippen LogP contribution in [0.25, 0.3) is 11.1 Å². The van der Waals surface area contributed by atoms with Gasteiger partial charge in [0, 0.05) is 5.69 Å². The quantitative estimate of drug-likeness (QED) is 0.878. The third-order valence-electron chi connectivity index (χ3n) is 2.73. The number of hydrogen-bond donors (Lipinski definition) is 1. The van der Waals surface area contributed by atoms with Crippen LogP contribution < -0.4 is 5.32 Å². The topological polar surface area (TPSA) is 29.1 Å². The molecule has 2 aromatic carbocycles. The summed E-state index contributed by atoms with van der Waals surface area (Å²) in [6, 6.07) is 13.9. The van der Waals surface area contributed by atoms with E-state index in [4.69, 9.17) is 0 Å². The lowest BCUT2D eigenvalue weighted by molar-refractivity contribution is -0.167. The highest BCUT2D eigenvalue weighted by atomic mass is 19.4. The number of halogens is 3. The van der Waals surface area contributed by atoms with Gasteiger partial charge in [-0.2, -0.15) is 13.2 Å². The number of alkyl halides is 3. The number of rotatable bonds is 2. The maximum Gasteiger partial charge on any atom is 0.471 e. The van der Waals surface area contributed by atoms with Crippen molar-refractivity contribution in [2.24, 2.45) is 0 Å². The Labute approximate surface area is 114 Å². The molecule has 0 aliphatic carbocycles. The monoisotopic (exact) mass is 279 g/mol. The Morgan fingerprint density at radius 1 is 1.00 bits per heavy atom. The summed E-state index contributed by atoms with van der Waals surface area (Å²) in [6.07, 6.45) is -4.89. The second-order valence-corrected chi connectivity index (χ2v) is 4.40. The summed E-state index contributed by atoms with van der Waals surface area (Å²) >= 11 is 0. The van der Waals surface area contributed by atoms with E-state index in [0.29, 0.717) is 0 Å². The molecule has 1 amide bonds. The van der Waals surface area contributed by atoms with E-state index >= 15 is 0 Å². The smallest absolute Gasteiger partial charge is 0.318 e. The van der Waals surface area contributed by atoms with Crippen molar-refractivity contribution >= 4 is 11.6 Å². The van der Waals surface area contributed by atoms with Gasteiger partial charge in [0.05, 0.1) is 0 Å². The van der Waals surface area contributed by atoms with Crippen molar-refractivity contribution in [2.75, 3.05) is 5.32 Å². The van der Waals surface area contributed by atoms with Gasteiger partial charge in [0.1, 0.15) is 0 Å². The average molecular weight is 279 g/mol. The number of benzene rings is 2. The molecule has 104 valence electrons. The van der Waals surface area contributed by atoms with Gasteiger partial charge in [-0.25, -0.2) is 0 Å². The second kappa shape index (κ2) is 5.36. The lowest BCUT2D eigenvalue weighted by atomic mass is 10.0. The molecule has 2 nitrogen and oxygen atoms in total. The fourth-order valence-corrected chi connectivity index (χ4v) is 1.80. The zero-order chi connectivity index (χ0) is 14.8. The number of aryl methyl sites for hydroxylation is 1. The first-order valence-corrected chi connectivity index (χ1v) is 5.91. The number of hydrogen-bond acceptors (Lipinski definition) is 1. The van der Waals surface area contributed by atoms with Crippen LogP contribution in [0.15, 0.2) is 48.5 Å². The minimum atomic E-state index is -4.89. The van der Waals surface area contributed by atoms with Crippen LogP contribution >= 0.6 is 0 Å². The molecule has 0 fully saturated rings. The van der Waals surface area contributed by atoms with Crippen molar-refractivity contribution in [1.82, 2.24) is 0 Å². The van der Waals surface area contributed by atoms with Crippen molar-refractivity contribution < 1.29 is 18.0 Å². The summed E-state index contributed by atoms with van der Waals surface area (Å²) in [5.41, 5.74) is 2.79. The van der Waals surface area contributed by atoms with E-state index in [1.54, 1.807) is 12.1 Å². The molecule has 0 spiro atoms. The van der Waals surface area contributed by atoms with E-state index in [1.807, 2.05) is 36.5 Å². The summed E-state index contributed by atoms with van der Waals surface area (Å²) in [5, 5.41) is 1.84. The lowest BCUT2D eigenvalue weighted by Gasteiger charge is -2.09. The number of amides is 1. The summed E-state index contributed by atoms with van der Waals surface area (Å²) in [4.78, 5) is 10.9. The van der Waals surface area contributed by atoms with Gasteiger partial charge < -0.3 is 5.32 Å². The molecule has 2 aromatic rings. The van der Waals surface area contributed by atoms with Gasteiger partial charge in [-0.3, -0.25) is 4.79 Å². The van der Waals surface area contributed by atoms with Gasteiger partial charge in [-0.15, -0.1) is 0 Å². The number of anilines is 1. The van der Waals surface area contributed by atoms with Crippen LogP contribution in [0, 0.1) is 6.92 Å². The first kappa shape index (κ1) is 14.1. The van der Waals surface area contributed by atoms with Crippen molar-refractivity contribution in [2.45, 2.75) is 13.1 Å². The number of carbonyl (C=O) groups is 1. The summed E-state index contributed by atoms with van der Waals surface area (Å²) in [6.45, 7) is 1.93. The number of nitrogens with one attached hydrogen (secondary N) is 1. The molecule has 0 heterocycles. The van der Waals surface area contributed by atoms with Crippen LogP contribution in [-0.2, 0) is 4.79 Å². The Kier molecular flexibility index (Phi) is 3.79. The fraction of sp³-hybridized carbons (Fsp3) is 0.133. The molecule has 0 unspecified atom stereocenters. The van der Waals surface area contributed by atoms with Crippen molar-refractivity contribution in [1.29, 1.82) is 0 Å². The van der Waals surface area contributed by atoms with Gasteiger partial charge in [-0.1, -0.05) is 42.0 Å². The van der Waals surface area contributed by atoms with Gasteiger partial charge in [0.15, 0.2) is 0 Å². The van der Waals surface area contributed by atoms with E-state index in [-0.39, 0.29) is 5.69 Å². The standard InChI is InChI=1S/C15H12F3NO/c1-10-4-2-5-11(8-10)12-6-3-7-13(9-12)19-14(20)15(16,17)18/h2-9H,1H3,(H,19,20). The molecular weight excluding hydrogens is 267 g/mol. The van der Waals surface area contributed by atoms with Crippen LogP contribution in [0.5, 0.6) is 0 Å². The number of carbonyl (C=O) groups excluding carboxylic acids is 1. The molecule has 0 aliphatic heterocycles. The van der Waals surface area contributed by atoms with Crippen molar-refractivity contribution in [3.05, 3.63) is 54.1 Å². The van der Waals surface area contributed by atoms with E-state index in [0.717, 1.165) is 16.7 Å². The summed E-state index contributed by atoms with van der Waals surface area (Å²) < 4.78 is 36.6. The minimum absolute atomic E-state index is 0.117. The van der Waals surface area contributed by atoms with E-state index in [9.17, 15) is 18.0 Å². The Morgan fingerprint density at radius 2 is 1.60 bits per heavy atom. The first-order chi connectivity index (χ1) is 9.36. The van der Waals surface area contributed by atoms with Gasteiger partial charge >= 0.3 is 12.1 Å². The van der Waals surface area contributed by atoms with E-state index < -0.39 is 12.1 Å². The summed E-state index contributed by atoms with van der Waals surface area (Å²) in [7, 11) is 0. The molecule has 20 heavy (non-hydrogen) atoms. The van der Waals surface area contributed by atoms with Crippen molar-refractivity contribution in [3.63, 3.8) is 0 Å². The SMILES string of the molecule is Cc1cccc(-c2cccc(NC(=O)C(F)(F)F)c2)c1. The van der Waals surface area contributed by atoms with Gasteiger partial charge in [0.2, 0.25) is 0 Å². The molecule has 2 rings (SSSR count). The highest BCUT2D eigenvalue weighted by Crippen LogP contribution is 2.25. The predicted molar refractivity (Wildman–Crippen MR) is 71.3 cm³/mol. The second-order valence-electron chi connectivity index (χ2n) is 4.40. The Morgan fingerprint density at radius 3 is 2.20 bits per heavy atom. The third kappa shape index (κ3) is 3.38. The zero-order valence-corrected chi connectivity index (χ0v) is 10.7. The highest BCUT2D eigenvalue weighted by molar-refractivity contribution is 5.95. The van der Waals surface area contributed by atoms with Crippen LogP contribution in [0.1, 0.15) is 5.56 Å². The minimum Gasteiger partial charge on any atom is -0.318 e. The molecule has 0 radical (unpaired) electrons. The third-order valence-corrected chi connectivity index (χ3v) is 2.73. The highest BCUT2D eigenvalue weighted by Gasteiger charge is 2.38. The molecule has 5 heteroatoms. The molecule has 0 saturated carbocycles. The Bertz CT molecular complexity index is 635. The largest absolute Gasteiger partial charge is 0.471 e. The van der Waals surface area contributed by atoms with Crippen LogP contribution in [0.3, 0.4) is 0 Å². The maximum atomic E-state index is 12.2. The molecule has 0 bridgehead atoms. The van der Waals surface area contributed by atoms with E-state index in [1.165, 1.54) is 12.1 Å². The van der Waals surface area contributed by atoms with Crippen LogP contribution in [0.2, 0.25) is 0 Å². The van der Waals surface area contributed by atoms with Gasteiger partial charge in [0.25, 0.3) is 0 Å². The van der Waals surface area contributed by atoms with Crippen LogP contribution in [0.4, 0.5) is 18.9 Å². The normalized spacial score (nSPS) is 11.2. The fourth-order valence-electron chi connectivity index (χ4n) is 1.80.